The zero-order valence-electron chi connectivity index (χ0n) is 13.2. The topological polar surface area (TPSA) is 64.8 Å². The number of ether oxygens (including phenoxy) is 2. The zero-order chi connectivity index (χ0) is 15.7. The summed E-state index contributed by atoms with van der Waals surface area (Å²) in [5.41, 5.74) is 6.44. The average molecular weight is 294 g/mol. The van der Waals surface area contributed by atoms with Gasteiger partial charge in [-0.25, -0.2) is 0 Å². The van der Waals surface area contributed by atoms with Gasteiger partial charge in [-0.1, -0.05) is 0 Å². The van der Waals surface area contributed by atoms with E-state index in [1.54, 1.807) is 19.1 Å². The quantitative estimate of drug-likeness (QED) is 0.758. The van der Waals surface area contributed by atoms with Crippen LogP contribution < -0.4 is 15.4 Å². The second-order valence-corrected chi connectivity index (χ2v) is 4.97. The van der Waals surface area contributed by atoms with Gasteiger partial charge in [-0.05, 0) is 50.6 Å². The molecule has 5 heteroatoms. The van der Waals surface area contributed by atoms with Gasteiger partial charge in [-0.2, -0.15) is 0 Å². The molecule has 0 aliphatic heterocycles. The van der Waals surface area contributed by atoms with Crippen LogP contribution in [0.25, 0.3) is 0 Å². The highest BCUT2D eigenvalue weighted by Crippen LogP contribution is 2.20. The number of methoxy groups -OCH3 is 2. The number of amides is 1. The van der Waals surface area contributed by atoms with Crippen molar-refractivity contribution in [3.05, 3.63) is 24.3 Å². The second kappa shape index (κ2) is 9.37. The molecule has 0 bridgehead atoms. The number of benzene rings is 1. The highest BCUT2D eigenvalue weighted by molar-refractivity contribution is 5.93. The molecule has 1 aromatic rings. The Hall–Kier alpha value is -1.59. The van der Waals surface area contributed by atoms with Crippen molar-refractivity contribution in [2.75, 3.05) is 32.2 Å². The van der Waals surface area contributed by atoms with Gasteiger partial charge in [0.2, 0.25) is 5.91 Å². The lowest BCUT2D eigenvalue weighted by Crippen LogP contribution is -2.33. The lowest BCUT2D eigenvalue weighted by molar-refractivity contribution is -0.119. The number of rotatable bonds is 9. The SMILES string of the molecule is COc1ccc(N(CCCN)C(=O)CCC(C)OC)cc1. The van der Waals surface area contributed by atoms with E-state index in [2.05, 4.69) is 0 Å². The fourth-order valence-corrected chi connectivity index (χ4v) is 1.99. The summed E-state index contributed by atoms with van der Waals surface area (Å²) in [7, 11) is 3.28. The van der Waals surface area contributed by atoms with Crippen molar-refractivity contribution in [1.82, 2.24) is 0 Å². The van der Waals surface area contributed by atoms with Crippen molar-refractivity contribution >= 4 is 11.6 Å². The predicted octanol–water partition coefficient (Wildman–Crippen LogP) is 2.19. The van der Waals surface area contributed by atoms with Crippen molar-refractivity contribution in [3.63, 3.8) is 0 Å². The molecule has 1 unspecified atom stereocenters. The first-order chi connectivity index (χ1) is 10.1. The van der Waals surface area contributed by atoms with Crippen LogP contribution in [0, 0.1) is 0 Å². The third kappa shape index (κ3) is 5.73. The molecule has 0 radical (unpaired) electrons. The lowest BCUT2D eigenvalue weighted by Gasteiger charge is -2.23. The van der Waals surface area contributed by atoms with Crippen LogP contribution in [0.15, 0.2) is 24.3 Å². The van der Waals surface area contributed by atoms with E-state index in [4.69, 9.17) is 15.2 Å². The maximum atomic E-state index is 12.4. The summed E-state index contributed by atoms with van der Waals surface area (Å²) in [6, 6.07) is 7.51. The Balaban J connectivity index is 2.75. The van der Waals surface area contributed by atoms with E-state index in [1.165, 1.54) is 0 Å². The Labute approximate surface area is 127 Å². The van der Waals surface area contributed by atoms with Gasteiger partial charge in [0.1, 0.15) is 5.75 Å². The Morgan fingerprint density at radius 2 is 1.95 bits per heavy atom. The van der Waals surface area contributed by atoms with Crippen molar-refractivity contribution < 1.29 is 14.3 Å². The standard InChI is InChI=1S/C16H26N2O3/c1-13(20-2)5-10-16(19)18(12-4-11-17)14-6-8-15(21-3)9-7-14/h6-9,13H,4-5,10-12,17H2,1-3H3. The molecule has 0 fully saturated rings. The van der Waals surface area contributed by atoms with Crippen molar-refractivity contribution in [2.45, 2.75) is 32.3 Å². The van der Waals surface area contributed by atoms with Crippen LogP contribution in [-0.4, -0.2) is 39.3 Å². The van der Waals surface area contributed by atoms with E-state index in [9.17, 15) is 4.79 Å². The van der Waals surface area contributed by atoms with Crippen molar-refractivity contribution in [3.8, 4) is 5.75 Å². The molecule has 5 nitrogen and oxygen atoms in total. The molecule has 0 saturated heterocycles. The summed E-state index contributed by atoms with van der Waals surface area (Å²) >= 11 is 0. The minimum atomic E-state index is 0.0844. The molecule has 0 aliphatic rings. The molecule has 1 rings (SSSR count). The summed E-state index contributed by atoms with van der Waals surface area (Å²) in [6.07, 6.45) is 2.04. The minimum absolute atomic E-state index is 0.0844. The van der Waals surface area contributed by atoms with Crippen molar-refractivity contribution in [2.24, 2.45) is 5.73 Å². The van der Waals surface area contributed by atoms with E-state index in [0.717, 1.165) is 17.9 Å². The van der Waals surface area contributed by atoms with Crippen molar-refractivity contribution in [1.29, 1.82) is 0 Å². The maximum Gasteiger partial charge on any atom is 0.227 e. The summed E-state index contributed by atoms with van der Waals surface area (Å²) in [4.78, 5) is 14.2. The number of nitrogens with zero attached hydrogens (tertiary/aromatic N) is 1. The molecule has 1 amide bonds. The molecule has 0 heterocycles. The molecular weight excluding hydrogens is 268 g/mol. The zero-order valence-corrected chi connectivity index (χ0v) is 13.2. The van der Waals surface area contributed by atoms with Crippen LogP contribution in [-0.2, 0) is 9.53 Å². The normalized spacial score (nSPS) is 12.0. The number of carbonyl (C=O) groups excluding carboxylic acids is 1. The van der Waals surface area contributed by atoms with E-state index >= 15 is 0 Å². The van der Waals surface area contributed by atoms with Gasteiger partial charge < -0.3 is 20.1 Å². The van der Waals surface area contributed by atoms with Gasteiger partial charge in [0, 0.05) is 25.8 Å². The first-order valence-electron chi connectivity index (χ1n) is 7.29. The van der Waals surface area contributed by atoms with Crippen LogP contribution in [0.4, 0.5) is 5.69 Å². The lowest BCUT2D eigenvalue weighted by atomic mass is 10.1. The highest BCUT2D eigenvalue weighted by atomic mass is 16.5. The molecule has 0 spiro atoms. The summed E-state index contributed by atoms with van der Waals surface area (Å²) in [5, 5.41) is 0. The van der Waals surface area contributed by atoms with E-state index in [0.29, 0.717) is 25.9 Å². The Bertz CT molecular complexity index is 420. The maximum absolute atomic E-state index is 12.4. The third-order valence-electron chi connectivity index (χ3n) is 3.44. The predicted molar refractivity (Wildman–Crippen MR) is 84.7 cm³/mol. The molecule has 0 aliphatic carbocycles. The molecule has 1 atom stereocenters. The summed E-state index contributed by atoms with van der Waals surface area (Å²) in [6.45, 7) is 3.16. The van der Waals surface area contributed by atoms with E-state index in [-0.39, 0.29) is 12.0 Å². The molecule has 1 aromatic carbocycles. The summed E-state index contributed by atoms with van der Waals surface area (Å²) < 4.78 is 10.3. The third-order valence-corrected chi connectivity index (χ3v) is 3.44. The Morgan fingerprint density at radius 1 is 1.29 bits per heavy atom. The van der Waals surface area contributed by atoms with Crippen LogP contribution in [0.3, 0.4) is 0 Å². The van der Waals surface area contributed by atoms with Crippen LogP contribution in [0.2, 0.25) is 0 Å². The molecule has 0 saturated carbocycles. The number of carbonyl (C=O) groups is 1. The van der Waals surface area contributed by atoms with Gasteiger partial charge in [-0.3, -0.25) is 4.79 Å². The van der Waals surface area contributed by atoms with Gasteiger partial charge in [0.05, 0.1) is 13.2 Å². The monoisotopic (exact) mass is 294 g/mol. The van der Waals surface area contributed by atoms with Crippen LogP contribution in [0.5, 0.6) is 5.75 Å². The second-order valence-electron chi connectivity index (χ2n) is 4.97. The minimum Gasteiger partial charge on any atom is -0.497 e. The van der Waals surface area contributed by atoms with Gasteiger partial charge in [0.25, 0.3) is 0 Å². The molecular formula is C16H26N2O3. The van der Waals surface area contributed by atoms with Gasteiger partial charge in [-0.15, -0.1) is 0 Å². The molecule has 0 aromatic heterocycles. The van der Waals surface area contributed by atoms with Gasteiger partial charge >= 0.3 is 0 Å². The average Bonchev–Trinajstić information content (AvgIpc) is 2.53. The Morgan fingerprint density at radius 3 is 2.48 bits per heavy atom. The number of nitrogens with two attached hydrogens (primary N) is 1. The van der Waals surface area contributed by atoms with E-state index < -0.39 is 0 Å². The fraction of sp³-hybridized carbons (Fsp3) is 0.562. The molecule has 21 heavy (non-hydrogen) atoms. The summed E-state index contributed by atoms with van der Waals surface area (Å²) in [5.74, 6) is 0.871. The first-order valence-corrected chi connectivity index (χ1v) is 7.29. The smallest absolute Gasteiger partial charge is 0.227 e. The van der Waals surface area contributed by atoms with E-state index in [1.807, 2.05) is 31.2 Å². The first kappa shape index (κ1) is 17.5. The fourth-order valence-electron chi connectivity index (χ4n) is 1.99. The number of anilines is 1. The van der Waals surface area contributed by atoms with Gasteiger partial charge in [0.15, 0.2) is 0 Å². The Kier molecular flexibility index (Phi) is 7.79. The highest BCUT2D eigenvalue weighted by Gasteiger charge is 2.16. The molecule has 118 valence electrons. The molecule has 2 N–H and O–H groups in total. The number of hydrogen-bond donors (Lipinski definition) is 1. The number of hydrogen-bond acceptors (Lipinski definition) is 4. The van der Waals surface area contributed by atoms with Crippen LogP contribution >= 0.6 is 0 Å². The van der Waals surface area contributed by atoms with Crippen LogP contribution in [0.1, 0.15) is 26.2 Å². The largest absolute Gasteiger partial charge is 0.497 e.